The third kappa shape index (κ3) is 44.6. The van der Waals surface area contributed by atoms with E-state index in [9.17, 15) is 24.0 Å². The molecular formula is C55H102N5O20S-. The van der Waals surface area contributed by atoms with Gasteiger partial charge in [0.2, 0.25) is 17.7 Å². The average molecular weight is 1190 g/mol. The van der Waals surface area contributed by atoms with Gasteiger partial charge in [0.15, 0.2) is 0 Å². The van der Waals surface area contributed by atoms with E-state index in [4.69, 9.17) is 61.6 Å². The molecule has 0 spiro atoms. The summed E-state index contributed by atoms with van der Waals surface area (Å²) in [5.41, 5.74) is 0.955. The fraction of sp³-hybridized carbons (Fsp3) is 0.818. The van der Waals surface area contributed by atoms with E-state index in [2.05, 4.69) is 25.4 Å². The second-order valence-corrected chi connectivity index (χ2v) is 19.3. The Balaban J connectivity index is 0.00000303. The van der Waals surface area contributed by atoms with Gasteiger partial charge in [-0.15, -0.1) is 11.8 Å². The minimum atomic E-state index is -0.512. The molecule has 3 atom stereocenters. The molecule has 25 nitrogen and oxygen atoms in total. The molecule has 3 N–H and O–H groups in total. The van der Waals surface area contributed by atoms with Gasteiger partial charge in [-0.3, -0.25) is 19.3 Å². The van der Waals surface area contributed by atoms with Crippen molar-refractivity contribution in [2.24, 2.45) is 0 Å². The van der Waals surface area contributed by atoms with Gasteiger partial charge in [0, 0.05) is 109 Å². The molecule has 81 heavy (non-hydrogen) atoms. The predicted octanol–water partition coefficient (Wildman–Crippen LogP) is 3.81. The zero-order valence-corrected chi connectivity index (χ0v) is 51.1. The molecule has 1 aliphatic heterocycles. The number of nitrogens with zero attached hydrogens (tertiary/aromatic N) is 2. The highest BCUT2D eigenvalue weighted by Crippen LogP contribution is 2.29. The van der Waals surface area contributed by atoms with Crippen LogP contribution in [0.5, 0.6) is 0 Å². The molecule has 1 saturated heterocycles. The van der Waals surface area contributed by atoms with Crippen molar-refractivity contribution >= 4 is 41.7 Å². The number of hydrogen-bond acceptors (Lipinski definition) is 22. The molecule has 0 aromatic heterocycles. The Kier molecular flexibility index (Phi) is 54.4. The molecule has 1 aliphatic carbocycles. The number of methoxy groups -OCH3 is 6. The van der Waals surface area contributed by atoms with Crippen LogP contribution in [-0.4, -0.2) is 272 Å². The Morgan fingerprint density at radius 1 is 0.691 bits per heavy atom. The lowest BCUT2D eigenvalue weighted by Crippen LogP contribution is -2.36. The van der Waals surface area contributed by atoms with Crippen LogP contribution in [0.4, 0.5) is 9.59 Å². The monoisotopic (exact) mass is 1180 g/mol. The Morgan fingerprint density at radius 3 is 1.93 bits per heavy atom. The van der Waals surface area contributed by atoms with Crippen LogP contribution in [0.15, 0.2) is 23.5 Å². The maximum absolute atomic E-state index is 13.0. The third-order valence-electron chi connectivity index (χ3n) is 11.5. The molecule has 0 saturated carbocycles. The highest BCUT2D eigenvalue weighted by Gasteiger charge is 2.38. The smallest absolute Gasteiger partial charge is 0.414 e. The fourth-order valence-electron chi connectivity index (χ4n) is 6.98. The van der Waals surface area contributed by atoms with Gasteiger partial charge in [-0.2, -0.15) is 6.61 Å². The first-order chi connectivity index (χ1) is 39.5. The van der Waals surface area contributed by atoms with Crippen LogP contribution in [0.2, 0.25) is 0 Å². The average Bonchev–Trinajstić information content (AvgIpc) is 3.77. The van der Waals surface area contributed by atoms with Crippen LogP contribution in [0.3, 0.4) is 0 Å². The van der Waals surface area contributed by atoms with Crippen molar-refractivity contribution in [2.45, 2.75) is 81.7 Å². The number of thioether (sulfide) groups is 1. The Hall–Kier alpha value is -3.58. The summed E-state index contributed by atoms with van der Waals surface area (Å²) in [7, 11) is 14.9. The highest BCUT2D eigenvalue weighted by atomic mass is 32.2. The maximum Gasteiger partial charge on any atom is 0.414 e. The molecular weight excluding hydrogens is 1080 g/mol. The second-order valence-electron chi connectivity index (χ2n) is 18.0. The number of hydrogen-bond donors (Lipinski definition) is 3. The molecule has 3 unspecified atom stereocenters. The molecule has 1 heterocycles. The van der Waals surface area contributed by atoms with Crippen molar-refractivity contribution in [3.05, 3.63) is 30.1 Å². The lowest BCUT2D eigenvalue weighted by molar-refractivity contribution is -0.138. The molecule has 0 radical (unpaired) electrons. The first kappa shape index (κ1) is 77.4. The number of ether oxygens (including phenoxy) is 15. The molecule has 2 rings (SSSR count). The standard InChI is InChI=1S/C43H75N5O14S.C8H17O4.C4H10O2/c1-44-17-9-19-47(3)43(53)61-35-14-12-34(13-15-35)37(62-42(52)45-2)11-7-6-8-30-63-38-31-40(50)48(41(38)51)20-16-39(49)46-18-10-21-56-25-26-57-27-28-59-33-36(60-29-23-55-5)32-58-24-22-54-4;1-9-3-5-11-7-8-12-6-4-10-2;1-5-3-4-6-2/h12,14,36-38,44H,6-11,13,15-33H2,1-5H3,(H,45,52)(H,46,49);7H,3-6,8H2,1-2H3;3-4H2,1-2H3/q;-1;. The largest absolute Gasteiger partial charge is 0.548 e. The summed E-state index contributed by atoms with van der Waals surface area (Å²) >= 11 is 1.46. The number of carbonyl (C=O) groups excluding carboxylic acids is 5. The summed E-state index contributed by atoms with van der Waals surface area (Å²) in [6.45, 7) is 12.5. The fourth-order valence-corrected chi connectivity index (χ4v) is 8.17. The lowest BCUT2D eigenvalue weighted by atomic mass is 9.95. The second kappa shape index (κ2) is 56.9. The zero-order valence-electron chi connectivity index (χ0n) is 50.3. The summed E-state index contributed by atoms with van der Waals surface area (Å²) in [4.78, 5) is 65.4. The van der Waals surface area contributed by atoms with Gasteiger partial charge in [0.05, 0.1) is 104 Å². The van der Waals surface area contributed by atoms with E-state index >= 15 is 0 Å². The summed E-state index contributed by atoms with van der Waals surface area (Å²) in [6, 6.07) is 0. The minimum Gasteiger partial charge on any atom is -0.548 e. The first-order valence-electron chi connectivity index (χ1n) is 27.9. The number of carbonyl (C=O) groups is 5. The molecule has 5 amide bonds. The van der Waals surface area contributed by atoms with Crippen LogP contribution >= 0.6 is 11.8 Å². The molecule has 26 heteroatoms. The van der Waals surface area contributed by atoms with E-state index in [0.29, 0.717) is 169 Å². The Labute approximate surface area is 487 Å². The van der Waals surface area contributed by atoms with Crippen LogP contribution in [0.25, 0.3) is 0 Å². The van der Waals surface area contributed by atoms with Crippen molar-refractivity contribution in [2.75, 3.05) is 215 Å². The lowest BCUT2D eigenvalue weighted by Gasteiger charge is -2.24. The van der Waals surface area contributed by atoms with Crippen LogP contribution in [0.1, 0.15) is 64.2 Å². The summed E-state index contributed by atoms with van der Waals surface area (Å²) in [6.07, 6.45) is 7.91. The van der Waals surface area contributed by atoms with E-state index in [1.807, 2.05) is 13.1 Å². The number of nitrogens with one attached hydrogen (secondary N) is 3. The molecule has 474 valence electrons. The minimum absolute atomic E-state index is 0.0407. The van der Waals surface area contributed by atoms with Gasteiger partial charge in [-0.05, 0) is 69.5 Å². The quantitative estimate of drug-likeness (QED) is 0.0444. The number of likely N-dealkylation sites (tertiary alicyclic amines) is 1. The van der Waals surface area contributed by atoms with E-state index in [1.54, 1.807) is 67.3 Å². The third-order valence-corrected chi connectivity index (χ3v) is 12.8. The Morgan fingerprint density at radius 2 is 1.30 bits per heavy atom. The number of unbranched alkanes of at least 4 members (excludes halogenated alkanes) is 2. The number of allylic oxidation sites excluding steroid dienone is 3. The van der Waals surface area contributed by atoms with Crippen LogP contribution in [0, 0.1) is 6.61 Å². The van der Waals surface area contributed by atoms with Crippen molar-refractivity contribution in [1.29, 1.82) is 0 Å². The summed E-state index contributed by atoms with van der Waals surface area (Å²) in [5, 5.41) is 7.94. The van der Waals surface area contributed by atoms with Gasteiger partial charge < -0.3 is 91.9 Å². The highest BCUT2D eigenvalue weighted by molar-refractivity contribution is 8.00. The summed E-state index contributed by atoms with van der Waals surface area (Å²) < 4.78 is 78.4. The van der Waals surface area contributed by atoms with Crippen molar-refractivity contribution < 1.29 is 95.0 Å². The number of rotatable bonds is 50. The molecule has 0 aromatic rings. The van der Waals surface area contributed by atoms with E-state index in [-0.39, 0.29) is 43.2 Å². The molecule has 1 fully saturated rings. The van der Waals surface area contributed by atoms with Gasteiger partial charge in [0.1, 0.15) is 18.0 Å². The zero-order chi connectivity index (χ0) is 59.8. The molecule has 0 bridgehead atoms. The first-order valence-corrected chi connectivity index (χ1v) is 29.0. The van der Waals surface area contributed by atoms with E-state index in [1.165, 1.54) is 23.7 Å². The van der Waals surface area contributed by atoms with Crippen molar-refractivity contribution in [3.63, 3.8) is 0 Å². The topological polar surface area (TPSA) is 266 Å². The maximum atomic E-state index is 13.0. The molecule has 2 aliphatic rings. The Bertz CT molecular complexity index is 1610. The van der Waals surface area contributed by atoms with Crippen molar-refractivity contribution in [1.82, 2.24) is 25.8 Å². The van der Waals surface area contributed by atoms with E-state index < -0.39 is 23.5 Å². The van der Waals surface area contributed by atoms with Gasteiger partial charge >= 0.3 is 12.2 Å². The summed E-state index contributed by atoms with van der Waals surface area (Å²) in [5.74, 6) is 0.532. The van der Waals surface area contributed by atoms with Crippen LogP contribution in [-0.2, 0) is 85.4 Å². The van der Waals surface area contributed by atoms with Gasteiger partial charge in [-0.25, -0.2) is 9.59 Å². The predicted molar refractivity (Wildman–Crippen MR) is 306 cm³/mol. The van der Waals surface area contributed by atoms with Gasteiger partial charge in [-0.1, -0.05) is 19.1 Å². The number of amides is 5. The number of imide groups is 1. The van der Waals surface area contributed by atoms with E-state index in [0.717, 1.165) is 37.8 Å². The number of alkyl carbamates (subject to hydrolysis) is 1. The van der Waals surface area contributed by atoms with Gasteiger partial charge in [0.25, 0.3) is 0 Å². The van der Waals surface area contributed by atoms with Crippen molar-refractivity contribution in [3.8, 4) is 0 Å². The molecule has 0 aromatic carbocycles. The normalized spacial score (nSPS) is 14.7. The van der Waals surface area contributed by atoms with Crippen LogP contribution < -0.4 is 16.0 Å². The SMILES string of the molecule is CNCCCN(C)C(=O)OC1=CC=C(C(CCCCCSC2CC(=O)N(CCC(=O)NCCCOCCOCCOCC(COCCOC)OCCOC)C2=O)OC(=O)NC)CC1.COCCOC.COCCO[CH-]COCCOC.